The third-order valence-electron chi connectivity index (χ3n) is 2.68. The van der Waals surface area contributed by atoms with Crippen molar-refractivity contribution in [3.8, 4) is 5.75 Å². The highest BCUT2D eigenvalue weighted by molar-refractivity contribution is 7.89. The van der Waals surface area contributed by atoms with Gasteiger partial charge in [0.25, 0.3) is 0 Å². The maximum absolute atomic E-state index is 12.3. The molecule has 1 heterocycles. The van der Waals surface area contributed by atoms with Crippen LogP contribution in [0.5, 0.6) is 5.75 Å². The Kier molecular flexibility index (Phi) is 5.10. The summed E-state index contributed by atoms with van der Waals surface area (Å²) in [7, 11) is -3.95. The Hall–Kier alpha value is -1.57. The Bertz CT molecular complexity index is 799. The van der Waals surface area contributed by atoms with Crippen LogP contribution in [0.3, 0.4) is 0 Å². The molecular formula is C14H14ClNO4S2. The molecule has 0 saturated heterocycles. The van der Waals surface area contributed by atoms with Crippen LogP contribution < -0.4 is 9.50 Å². The minimum atomic E-state index is -3.95. The van der Waals surface area contributed by atoms with Crippen molar-refractivity contribution >= 4 is 39.0 Å². The maximum Gasteiger partial charge on any atom is 0.348 e. The van der Waals surface area contributed by atoms with Gasteiger partial charge >= 0.3 is 10.1 Å². The van der Waals surface area contributed by atoms with Gasteiger partial charge in [-0.2, -0.15) is 8.42 Å². The summed E-state index contributed by atoms with van der Waals surface area (Å²) < 4.78 is 29.7. The van der Waals surface area contributed by atoms with E-state index >= 15 is 0 Å². The fraction of sp³-hybridized carbons (Fsp3) is 0.214. The zero-order valence-corrected chi connectivity index (χ0v) is 14.3. The summed E-state index contributed by atoms with van der Waals surface area (Å²) in [5.74, 6) is -0.0842. The van der Waals surface area contributed by atoms with Crippen molar-refractivity contribution in [1.82, 2.24) is 5.32 Å². The van der Waals surface area contributed by atoms with Crippen LogP contribution in [0, 0.1) is 6.92 Å². The Labute approximate surface area is 138 Å². The molecular weight excluding hydrogens is 346 g/mol. The molecule has 0 aliphatic heterocycles. The highest BCUT2D eigenvalue weighted by Crippen LogP contribution is 2.30. The Morgan fingerprint density at radius 3 is 2.73 bits per heavy atom. The number of hydrogen-bond acceptors (Lipinski definition) is 5. The molecule has 5 nitrogen and oxygen atoms in total. The lowest BCUT2D eigenvalue weighted by Gasteiger charge is -2.07. The number of carbonyl (C=O) groups excluding carboxylic acids is 1. The molecule has 2 aromatic rings. The molecule has 0 radical (unpaired) electrons. The zero-order chi connectivity index (χ0) is 16.3. The van der Waals surface area contributed by atoms with Crippen molar-refractivity contribution in [1.29, 1.82) is 0 Å². The third-order valence-corrected chi connectivity index (χ3v) is 5.76. The normalized spacial score (nSPS) is 11.2. The fourth-order valence-electron chi connectivity index (χ4n) is 1.63. The van der Waals surface area contributed by atoms with Crippen LogP contribution in [0.1, 0.15) is 17.4 Å². The number of nitrogens with one attached hydrogen (secondary N) is 1. The van der Waals surface area contributed by atoms with Crippen LogP contribution in [0.2, 0.25) is 5.02 Å². The van der Waals surface area contributed by atoms with Gasteiger partial charge in [-0.3, -0.25) is 4.79 Å². The summed E-state index contributed by atoms with van der Waals surface area (Å²) in [6.07, 6.45) is 0. The van der Waals surface area contributed by atoms with E-state index in [0.29, 0.717) is 4.88 Å². The minimum Gasteiger partial charge on any atom is -0.377 e. The molecule has 118 valence electrons. The van der Waals surface area contributed by atoms with Crippen molar-refractivity contribution in [2.75, 3.05) is 0 Å². The average molecular weight is 360 g/mol. The smallest absolute Gasteiger partial charge is 0.348 e. The van der Waals surface area contributed by atoms with Gasteiger partial charge in [0, 0.05) is 11.8 Å². The summed E-state index contributed by atoms with van der Waals surface area (Å²) in [5, 5.41) is 2.83. The molecule has 0 atom stereocenters. The molecule has 2 rings (SSSR count). The number of benzene rings is 1. The first kappa shape index (κ1) is 16.8. The SMILES string of the molecule is CC(=O)NCc1ccc(S(=O)(=O)Oc2cc(C)ccc2Cl)s1. The molecule has 0 bridgehead atoms. The van der Waals surface area contributed by atoms with Crippen molar-refractivity contribution in [2.45, 2.75) is 24.6 Å². The second-order valence-electron chi connectivity index (χ2n) is 4.60. The summed E-state index contributed by atoms with van der Waals surface area (Å²) >= 11 is 6.99. The first-order valence-electron chi connectivity index (χ1n) is 6.32. The topological polar surface area (TPSA) is 72.5 Å². The van der Waals surface area contributed by atoms with E-state index in [1.54, 1.807) is 24.3 Å². The van der Waals surface area contributed by atoms with Gasteiger partial charge in [0.15, 0.2) is 9.96 Å². The van der Waals surface area contributed by atoms with E-state index in [4.69, 9.17) is 15.8 Å². The summed E-state index contributed by atoms with van der Waals surface area (Å²) in [5.41, 5.74) is 0.840. The van der Waals surface area contributed by atoms with Gasteiger partial charge in [0.05, 0.1) is 11.6 Å². The lowest BCUT2D eigenvalue weighted by atomic mass is 10.2. The first-order chi connectivity index (χ1) is 10.3. The van der Waals surface area contributed by atoms with Crippen molar-refractivity contribution in [3.63, 3.8) is 0 Å². The van der Waals surface area contributed by atoms with Gasteiger partial charge in [-0.05, 0) is 36.8 Å². The van der Waals surface area contributed by atoms with E-state index in [1.807, 2.05) is 6.92 Å². The number of carbonyl (C=O) groups is 1. The highest BCUT2D eigenvalue weighted by Gasteiger charge is 2.21. The Morgan fingerprint density at radius 1 is 1.32 bits per heavy atom. The lowest BCUT2D eigenvalue weighted by molar-refractivity contribution is -0.119. The second kappa shape index (κ2) is 6.68. The van der Waals surface area contributed by atoms with E-state index in [2.05, 4.69) is 5.32 Å². The van der Waals surface area contributed by atoms with Gasteiger partial charge in [0.1, 0.15) is 0 Å². The van der Waals surface area contributed by atoms with E-state index in [9.17, 15) is 13.2 Å². The number of rotatable bonds is 5. The van der Waals surface area contributed by atoms with E-state index in [1.165, 1.54) is 13.0 Å². The largest absolute Gasteiger partial charge is 0.377 e. The molecule has 1 aromatic heterocycles. The molecule has 0 aliphatic rings. The van der Waals surface area contributed by atoms with E-state index in [-0.39, 0.29) is 27.4 Å². The van der Waals surface area contributed by atoms with E-state index in [0.717, 1.165) is 16.9 Å². The van der Waals surface area contributed by atoms with E-state index < -0.39 is 10.1 Å². The Morgan fingerprint density at radius 2 is 2.05 bits per heavy atom. The number of amides is 1. The highest BCUT2D eigenvalue weighted by atomic mass is 35.5. The Balaban J connectivity index is 2.20. The maximum atomic E-state index is 12.3. The molecule has 0 spiro atoms. The molecule has 0 unspecified atom stereocenters. The van der Waals surface area contributed by atoms with Crippen LogP contribution in [-0.4, -0.2) is 14.3 Å². The van der Waals surface area contributed by atoms with Crippen LogP contribution in [0.25, 0.3) is 0 Å². The quantitative estimate of drug-likeness (QED) is 0.832. The monoisotopic (exact) mass is 359 g/mol. The predicted octanol–water partition coefficient (Wildman–Crippen LogP) is 3.11. The number of thiophene rings is 1. The van der Waals surface area contributed by atoms with Gasteiger partial charge < -0.3 is 9.50 Å². The van der Waals surface area contributed by atoms with Gasteiger partial charge in [0.2, 0.25) is 5.91 Å². The van der Waals surface area contributed by atoms with Gasteiger partial charge in [-0.15, -0.1) is 11.3 Å². The molecule has 0 aliphatic carbocycles. The molecule has 8 heteroatoms. The second-order valence-corrected chi connectivity index (χ2v) is 7.95. The molecule has 0 fully saturated rings. The average Bonchev–Trinajstić information content (AvgIpc) is 2.90. The minimum absolute atomic E-state index is 0.0606. The fourth-order valence-corrected chi connectivity index (χ4v) is 4.03. The number of hydrogen-bond donors (Lipinski definition) is 1. The molecule has 1 amide bonds. The summed E-state index contributed by atoms with van der Waals surface area (Å²) in [6, 6.07) is 7.98. The third kappa shape index (κ3) is 4.22. The standard InChI is InChI=1S/C14H14ClNO4S2/c1-9-3-5-12(15)13(7-9)20-22(18,19)14-6-4-11(21-14)8-16-10(2)17/h3-7H,8H2,1-2H3,(H,16,17). The van der Waals surface area contributed by atoms with Crippen LogP contribution in [0.4, 0.5) is 0 Å². The summed E-state index contributed by atoms with van der Waals surface area (Å²) in [4.78, 5) is 11.6. The molecule has 22 heavy (non-hydrogen) atoms. The van der Waals surface area contributed by atoms with Crippen LogP contribution in [0.15, 0.2) is 34.5 Å². The van der Waals surface area contributed by atoms with Crippen molar-refractivity contribution < 1.29 is 17.4 Å². The predicted molar refractivity (Wildman–Crippen MR) is 85.8 cm³/mol. The van der Waals surface area contributed by atoms with Gasteiger partial charge in [-0.25, -0.2) is 0 Å². The van der Waals surface area contributed by atoms with Crippen LogP contribution in [-0.2, 0) is 21.5 Å². The van der Waals surface area contributed by atoms with Crippen molar-refractivity contribution in [2.24, 2.45) is 0 Å². The molecule has 1 aromatic carbocycles. The lowest BCUT2D eigenvalue weighted by Crippen LogP contribution is -2.18. The number of halogens is 1. The molecule has 1 N–H and O–H groups in total. The van der Waals surface area contributed by atoms with Crippen LogP contribution >= 0.6 is 22.9 Å². The first-order valence-corrected chi connectivity index (χ1v) is 8.92. The van der Waals surface area contributed by atoms with Crippen molar-refractivity contribution in [3.05, 3.63) is 45.8 Å². The summed E-state index contributed by atoms with van der Waals surface area (Å²) in [6.45, 7) is 3.49. The number of aryl methyl sites for hydroxylation is 1. The zero-order valence-electron chi connectivity index (χ0n) is 11.9. The molecule has 0 saturated carbocycles. The van der Waals surface area contributed by atoms with Gasteiger partial charge in [-0.1, -0.05) is 17.7 Å².